The van der Waals surface area contributed by atoms with Gasteiger partial charge in [0.15, 0.2) is 12.4 Å². The van der Waals surface area contributed by atoms with Crippen LogP contribution in [0.25, 0.3) is 10.8 Å². The van der Waals surface area contributed by atoms with Gasteiger partial charge in [-0.05, 0) is 59.2 Å². The molecule has 1 heterocycles. The molecule has 4 aromatic rings. The second-order valence-electron chi connectivity index (χ2n) is 9.82. The van der Waals surface area contributed by atoms with Crippen LogP contribution >= 0.6 is 0 Å². The third-order valence-electron chi connectivity index (χ3n) is 7.50. The molecule has 1 aliphatic carbocycles. The lowest BCUT2D eigenvalue weighted by Crippen LogP contribution is -2.52. The number of non-ortho nitro benzene ring substituents is 1. The molecule has 0 aromatic heterocycles. The van der Waals surface area contributed by atoms with E-state index in [4.69, 9.17) is 4.74 Å². The molecule has 198 valence electrons. The number of carbonyl (C=O) groups excluding carboxylic acids is 4. The van der Waals surface area contributed by atoms with E-state index >= 15 is 0 Å². The number of hydrogen-bond donors (Lipinski definition) is 0. The number of nitro benzene ring substituents is 1. The van der Waals surface area contributed by atoms with Crippen LogP contribution in [0.15, 0.2) is 78.9 Å². The Morgan fingerprint density at radius 2 is 1.43 bits per heavy atom. The van der Waals surface area contributed by atoms with Crippen molar-refractivity contribution in [2.75, 3.05) is 6.61 Å². The largest absolute Gasteiger partial charge is 0.456 e. The number of aryl methyl sites for hydroxylation is 2. The highest BCUT2D eigenvalue weighted by molar-refractivity contribution is 6.27. The third-order valence-corrected chi connectivity index (χ3v) is 7.50. The summed E-state index contributed by atoms with van der Waals surface area (Å²) in [5.74, 6) is -2.66. The van der Waals surface area contributed by atoms with Crippen LogP contribution in [0, 0.1) is 10.1 Å². The molecule has 40 heavy (non-hydrogen) atoms. The Morgan fingerprint density at radius 1 is 0.825 bits per heavy atom. The van der Waals surface area contributed by atoms with E-state index in [1.54, 1.807) is 36.4 Å². The molecule has 4 aromatic carbocycles. The summed E-state index contributed by atoms with van der Waals surface area (Å²) >= 11 is 0. The van der Waals surface area contributed by atoms with E-state index in [0.717, 1.165) is 34.3 Å². The van der Waals surface area contributed by atoms with Gasteiger partial charge in [0.2, 0.25) is 0 Å². The molecule has 0 spiro atoms. The molecule has 0 N–H and O–H groups in total. The lowest BCUT2D eigenvalue weighted by atomic mass is 9.90. The first-order chi connectivity index (χ1) is 19.3. The van der Waals surface area contributed by atoms with Crippen LogP contribution in [0.3, 0.4) is 0 Å². The van der Waals surface area contributed by atoms with Crippen molar-refractivity contribution in [3.8, 4) is 0 Å². The van der Waals surface area contributed by atoms with Crippen LogP contribution < -0.4 is 0 Å². The number of Topliss-reactive ketones (excluding diaryl/α,β-unsaturated/α-hetero) is 1. The molecule has 1 atom stereocenters. The maximum Gasteiger partial charge on any atom is 0.330 e. The van der Waals surface area contributed by atoms with Crippen LogP contribution in [-0.2, 0) is 28.8 Å². The van der Waals surface area contributed by atoms with E-state index < -0.39 is 41.1 Å². The first kappa shape index (κ1) is 25.1. The van der Waals surface area contributed by atoms with Crippen molar-refractivity contribution < 1.29 is 28.8 Å². The van der Waals surface area contributed by atoms with Gasteiger partial charge in [0.05, 0.1) is 4.92 Å². The number of imide groups is 1. The second-order valence-corrected chi connectivity index (χ2v) is 9.82. The van der Waals surface area contributed by atoms with Crippen LogP contribution in [0.1, 0.15) is 47.8 Å². The van der Waals surface area contributed by atoms with E-state index in [1.165, 1.54) is 24.3 Å². The summed E-state index contributed by atoms with van der Waals surface area (Å²) < 4.78 is 5.36. The van der Waals surface area contributed by atoms with Gasteiger partial charge in [0.25, 0.3) is 17.5 Å². The fourth-order valence-corrected chi connectivity index (χ4v) is 5.52. The third kappa shape index (κ3) is 4.21. The van der Waals surface area contributed by atoms with E-state index in [9.17, 15) is 29.3 Å². The van der Waals surface area contributed by atoms with Crippen LogP contribution in [0.5, 0.6) is 0 Å². The van der Waals surface area contributed by atoms with Gasteiger partial charge in [-0.1, -0.05) is 42.5 Å². The number of amides is 2. The number of esters is 1. The Bertz CT molecular complexity index is 1670. The minimum atomic E-state index is -1.32. The van der Waals surface area contributed by atoms with E-state index in [1.807, 2.05) is 18.2 Å². The average Bonchev–Trinajstić information content (AvgIpc) is 3.40. The Balaban J connectivity index is 1.31. The number of ether oxygens (including phenoxy) is 1. The molecule has 0 saturated heterocycles. The Hall–Kier alpha value is -5.18. The van der Waals surface area contributed by atoms with Crippen molar-refractivity contribution in [3.63, 3.8) is 0 Å². The fourth-order valence-electron chi connectivity index (χ4n) is 5.52. The first-order valence-electron chi connectivity index (χ1n) is 12.8. The number of hydrogen-bond acceptors (Lipinski definition) is 7. The highest BCUT2D eigenvalue weighted by Crippen LogP contribution is 2.39. The Morgan fingerprint density at radius 3 is 2.00 bits per heavy atom. The van der Waals surface area contributed by atoms with Crippen molar-refractivity contribution >= 4 is 40.0 Å². The number of benzene rings is 4. The van der Waals surface area contributed by atoms with Gasteiger partial charge in [0.1, 0.15) is 6.04 Å². The van der Waals surface area contributed by atoms with Crippen molar-refractivity contribution in [1.29, 1.82) is 0 Å². The highest BCUT2D eigenvalue weighted by Gasteiger charge is 2.42. The summed E-state index contributed by atoms with van der Waals surface area (Å²) in [7, 11) is 0. The van der Waals surface area contributed by atoms with Crippen molar-refractivity contribution in [2.24, 2.45) is 0 Å². The van der Waals surface area contributed by atoms with Crippen molar-refractivity contribution in [2.45, 2.75) is 25.3 Å². The van der Waals surface area contributed by atoms with E-state index in [2.05, 4.69) is 0 Å². The maximum atomic E-state index is 13.8. The second kappa shape index (κ2) is 9.85. The Labute approximate surface area is 228 Å². The number of nitrogens with zero attached hydrogens (tertiary/aromatic N) is 2. The molecule has 2 amide bonds. The standard InChI is InChI=1S/C31H22N2O7/c34-26(19-8-12-22(13-9-19)33(38)39)17-40-31(37)25(16-18-4-2-1-3-5-18)32-29(35)23-14-10-20-6-7-21-11-15-24(30(32)36)28(23)27(20)21/h1-5,8-15,25H,6-7,16-17H2/t25-/m0/s1. The van der Waals surface area contributed by atoms with Crippen molar-refractivity contribution in [1.82, 2.24) is 4.90 Å². The summed E-state index contributed by atoms with van der Waals surface area (Å²) in [6.07, 6.45) is 1.68. The number of rotatable bonds is 8. The number of nitro groups is 1. The van der Waals surface area contributed by atoms with Gasteiger partial charge in [-0.25, -0.2) is 4.79 Å². The van der Waals surface area contributed by atoms with Gasteiger partial charge < -0.3 is 4.74 Å². The average molecular weight is 535 g/mol. The SMILES string of the molecule is O=C(COC(=O)[C@H](Cc1ccccc1)N1C(=O)c2ccc3c4c(ccc(c24)C1=O)CC3)c1ccc([N+](=O)[O-])cc1. The smallest absolute Gasteiger partial charge is 0.330 e. The predicted molar refractivity (Wildman–Crippen MR) is 144 cm³/mol. The summed E-state index contributed by atoms with van der Waals surface area (Å²) in [6, 6.07) is 19.7. The van der Waals surface area contributed by atoms with Crippen LogP contribution in [-0.4, -0.2) is 46.0 Å². The van der Waals surface area contributed by atoms with Gasteiger partial charge in [0, 0.05) is 40.6 Å². The molecule has 1 aliphatic heterocycles. The highest BCUT2D eigenvalue weighted by atomic mass is 16.6. The molecule has 2 aliphatic rings. The zero-order valence-corrected chi connectivity index (χ0v) is 21.2. The summed E-state index contributed by atoms with van der Waals surface area (Å²) in [5, 5.41) is 12.5. The molecular weight excluding hydrogens is 512 g/mol. The summed E-state index contributed by atoms with van der Waals surface area (Å²) in [5.41, 5.74) is 3.54. The molecule has 0 unspecified atom stereocenters. The van der Waals surface area contributed by atoms with Crippen LogP contribution in [0.4, 0.5) is 5.69 Å². The predicted octanol–water partition coefficient (Wildman–Crippen LogP) is 4.48. The van der Waals surface area contributed by atoms with E-state index in [-0.39, 0.29) is 17.7 Å². The van der Waals surface area contributed by atoms with Crippen molar-refractivity contribution in [3.05, 3.63) is 122 Å². The monoisotopic (exact) mass is 534 g/mol. The Kier molecular flexibility index (Phi) is 6.18. The van der Waals surface area contributed by atoms with E-state index in [0.29, 0.717) is 22.1 Å². The van der Waals surface area contributed by atoms with Gasteiger partial charge in [-0.15, -0.1) is 0 Å². The molecule has 9 nitrogen and oxygen atoms in total. The minimum Gasteiger partial charge on any atom is -0.456 e. The molecule has 6 rings (SSSR count). The molecule has 9 heteroatoms. The lowest BCUT2D eigenvalue weighted by molar-refractivity contribution is -0.384. The molecule has 0 saturated carbocycles. The van der Waals surface area contributed by atoms with Gasteiger partial charge >= 0.3 is 5.97 Å². The normalized spacial score (nSPS) is 14.3. The molecular formula is C31H22N2O7. The maximum absolute atomic E-state index is 13.8. The topological polar surface area (TPSA) is 124 Å². The summed E-state index contributed by atoms with van der Waals surface area (Å²) in [4.78, 5) is 65.0. The zero-order valence-electron chi connectivity index (χ0n) is 21.2. The zero-order chi connectivity index (χ0) is 28.0. The quantitative estimate of drug-likeness (QED) is 0.107. The van der Waals surface area contributed by atoms with Gasteiger partial charge in [-0.3, -0.25) is 29.4 Å². The molecule has 0 radical (unpaired) electrons. The lowest BCUT2D eigenvalue weighted by Gasteiger charge is -2.33. The van der Waals surface area contributed by atoms with Crippen LogP contribution in [0.2, 0.25) is 0 Å². The molecule has 0 fully saturated rings. The van der Waals surface area contributed by atoms with Gasteiger partial charge in [-0.2, -0.15) is 0 Å². The molecule has 0 bridgehead atoms. The first-order valence-corrected chi connectivity index (χ1v) is 12.8. The minimum absolute atomic E-state index is 0.00246. The fraction of sp³-hybridized carbons (Fsp3) is 0.161. The summed E-state index contributed by atoms with van der Waals surface area (Å²) in [6.45, 7) is -0.656. The number of carbonyl (C=O) groups is 4. The number of ketones is 1.